The van der Waals surface area contributed by atoms with E-state index in [1.165, 1.54) is 6.42 Å². The highest BCUT2D eigenvalue weighted by Gasteiger charge is 2.37. The van der Waals surface area contributed by atoms with Crippen LogP contribution in [0.4, 0.5) is 0 Å². The van der Waals surface area contributed by atoms with Crippen molar-refractivity contribution < 1.29 is 8.42 Å². The summed E-state index contributed by atoms with van der Waals surface area (Å²) in [4.78, 5) is 0.337. The summed E-state index contributed by atoms with van der Waals surface area (Å²) in [6.45, 7) is 2.41. The van der Waals surface area contributed by atoms with E-state index >= 15 is 0 Å². The topological polar surface area (TPSA) is 46.2 Å². The van der Waals surface area contributed by atoms with Gasteiger partial charge in [-0.1, -0.05) is 22.4 Å². The number of nitrogens with one attached hydrogen (secondary N) is 1. The van der Waals surface area contributed by atoms with Crippen LogP contribution in [-0.4, -0.2) is 26.0 Å². The Balaban J connectivity index is 2.11. The van der Waals surface area contributed by atoms with E-state index < -0.39 is 10.0 Å². The molecule has 1 saturated carbocycles. The van der Waals surface area contributed by atoms with Gasteiger partial charge in [0, 0.05) is 15.8 Å². The van der Waals surface area contributed by atoms with Crippen LogP contribution in [0.15, 0.2) is 27.6 Å². The molecule has 1 fully saturated rings. The molecule has 2 rings (SSSR count). The average Bonchev–Trinajstić information content (AvgIpc) is 2.31. The smallest absolute Gasteiger partial charge is 0.210 e. The highest BCUT2D eigenvalue weighted by molar-refractivity contribution is 9.10. The molecule has 1 aliphatic carbocycles. The summed E-state index contributed by atoms with van der Waals surface area (Å²) in [5.74, 6) is 0. The first-order chi connectivity index (χ1) is 8.88. The van der Waals surface area contributed by atoms with Crippen molar-refractivity contribution >= 4 is 37.7 Å². The van der Waals surface area contributed by atoms with Gasteiger partial charge in [0.15, 0.2) is 0 Å². The maximum absolute atomic E-state index is 12.3. The monoisotopic (exact) mass is 363 g/mol. The van der Waals surface area contributed by atoms with Crippen LogP contribution < -0.4 is 4.72 Å². The molecule has 1 N–H and O–H groups in total. The first kappa shape index (κ1) is 15.4. The molecule has 0 spiro atoms. The molecule has 0 unspecified atom stereocenters. The van der Waals surface area contributed by atoms with E-state index in [2.05, 4.69) is 26.9 Å². The minimum absolute atomic E-state index is 0.109. The van der Waals surface area contributed by atoms with E-state index in [4.69, 9.17) is 0 Å². The largest absolute Gasteiger partial charge is 0.240 e. The SMILES string of the molecule is CSC1(CNS(=O)(=O)c2ccc(Br)c(C)c2)CCC1. The lowest BCUT2D eigenvalue weighted by Gasteiger charge is -2.40. The Morgan fingerprint density at radius 1 is 1.42 bits per heavy atom. The van der Waals surface area contributed by atoms with Gasteiger partial charge in [0.25, 0.3) is 0 Å². The average molecular weight is 364 g/mol. The van der Waals surface area contributed by atoms with Crippen molar-refractivity contribution in [3.63, 3.8) is 0 Å². The van der Waals surface area contributed by atoms with Gasteiger partial charge in [-0.2, -0.15) is 11.8 Å². The van der Waals surface area contributed by atoms with Crippen LogP contribution >= 0.6 is 27.7 Å². The molecule has 1 aliphatic rings. The van der Waals surface area contributed by atoms with Gasteiger partial charge in [-0.3, -0.25) is 0 Å². The molecule has 106 valence electrons. The second kappa shape index (κ2) is 5.76. The zero-order chi connectivity index (χ0) is 14.1. The molecular formula is C13H18BrNO2S2. The highest BCUT2D eigenvalue weighted by Crippen LogP contribution is 2.42. The minimum atomic E-state index is -3.40. The number of halogens is 1. The van der Waals surface area contributed by atoms with Gasteiger partial charge in [-0.15, -0.1) is 0 Å². The summed E-state index contributed by atoms with van der Waals surface area (Å²) in [7, 11) is -3.40. The molecule has 19 heavy (non-hydrogen) atoms. The summed E-state index contributed by atoms with van der Waals surface area (Å²) in [6, 6.07) is 5.10. The highest BCUT2D eigenvalue weighted by atomic mass is 79.9. The lowest BCUT2D eigenvalue weighted by molar-refractivity contribution is 0.362. The summed E-state index contributed by atoms with van der Waals surface area (Å²) in [6.07, 6.45) is 5.43. The molecule has 0 aromatic heterocycles. The molecule has 0 aliphatic heterocycles. The van der Waals surface area contributed by atoms with Crippen LogP contribution in [0.25, 0.3) is 0 Å². The fraction of sp³-hybridized carbons (Fsp3) is 0.538. The summed E-state index contributed by atoms with van der Waals surface area (Å²) < 4.78 is 28.3. The Hall–Kier alpha value is -0.0400. The summed E-state index contributed by atoms with van der Waals surface area (Å²) in [5, 5.41) is 0. The molecule has 0 bridgehead atoms. The van der Waals surface area contributed by atoms with Crippen molar-refractivity contribution in [1.29, 1.82) is 0 Å². The van der Waals surface area contributed by atoms with Crippen LogP contribution in [0.1, 0.15) is 24.8 Å². The van der Waals surface area contributed by atoms with Crippen LogP contribution in [0.5, 0.6) is 0 Å². The molecule has 0 heterocycles. The van der Waals surface area contributed by atoms with E-state index in [9.17, 15) is 8.42 Å². The Bertz CT molecular complexity index is 562. The molecule has 6 heteroatoms. The zero-order valence-corrected chi connectivity index (χ0v) is 14.3. The van der Waals surface area contributed by atoms with Crippen molar-refractivity contribution in [2.75, 3.05) is 12.8 Å². The van der Waals surface area contributed by atoms with Crippen LogP contribution in [0.3, 0.4) is 0 Å². The van der Waals surface area contributed by atoms with Gasteiger partial charge in [0.05, 0.1) is 4.90 Å². The normalized spacial score (nSPS) is 18.1. The van der Waals surface area contributed by atoms with Crippen LogP contribution in [-0.2, 0) is 10.0 Å². The number of aryl methyl sites for hydroxylation is 1. The van der Waals surface area contributed by atoms with Gasteiger partial charge in [0.2, 0.25) is 10.0 Å². The maximum Gasteiger partial charge on any atom is 0.240 e. The molecule has 0 atom stereocenters. The summed E-state index contributed by atoms with van der Waals surface area (Å²) >= 11 is 5.15. The van der Waals surface area contributed by atoms with Crippen molar-refractivity contribution in [3.05, 3.63) is 28.2 Å². The fourth-order valence-corrected chi connectivity index (χ4v) is 4.58. The van der Waals surface area contributed by atoms with Gasteiger partial charge in [-0.05, 0) is 49.8 Å². The van der Waals surface area contributed by atoms with Gasteiger partial charge >= 0.3 is 0 Å². The number of rotatable bonds is 5. The molecule has 1 aromatic rings. The lowest BCUT2D eigenvalue weighted by atomic mass is 9.84. The van der Waals surface area contributed by atoms with Crippen LogP contribution in [0.2, 0.25) is 0 Å². The van der Waals surface area contributed by atoms with E-state index in [-0.39, 0.29) is 4.75 Å². The molecule has 0 radical (unpaired) electrons. The Morgan fingerprint density at radius 2 is 2.11 bits per heavy atom. The van der Waals surface area contributed by atoms with E-state index in [0.29, 0.717) is 11.4 Å². The first-order valence-corrected chi connectivity index (χ1v) is 9.70. The van der Waals surface area contributed by atoms with Gasteiger partial charge < -0.3 is 0 Å². The van der Waals surface area contributed by atoms with E-state index in [1.54, 1.807) is 30.0 Å². The molecule has 0 saturated heterocycles. The van der Waals surface area contributed by atoms with Crippen LogP contribution in [0, 0.1) is 6.92 Å². The van der Waals surface area contributed by atoms with E-state index in [0.717, 1.165) is 22.9 Å². The van der Waals surface area contributed by atoms with Crippen molar-refractivity contribution in [1.82, 2.24) is 4.72 Å². The molecular weight excluding hydrogens is 346 g/mol. The number of sulfonamides is 1. The standard InChI is InChI=1S/C13H18BrNO2S2/c1-10-8-11(4-5-12(10)14)19(16,17)15-9-13(18-2)6-3-7-13/h4-5,8,15H,3,6-7,9H2,1-2H3. The minimum Gasteiger partial charge on any atom is -0.210 e. The number of hydrogen-bond acceptors (Lipinski definition) is 3. The Kier molecular flexibility index (Phi) is 4.65. The predicted molar refractivity (Wildman–Crippen MR) is 84.2 cm³/mol. The third kappa shape index (κ3) is 3.35. The number of hydrogen-bond donors (Lipinski definition) is 1. The second-order valence-corrected chi connectivity index (χ2v) is 8.87. The van der Waals surface area contributed by atoms with Crippen molar-refractivity contribution in [3.8, 4) is 0 Å². The molecule has 3 nitrogen and oxygen atoms in total. The van der Waals surface area contributed by atoms with Crippen molar-refractivity contribution in [2.45, 2.75) is 35.8 Å². The first-order valence-electron chi connectivity index (χ1n) is 6.20. The third-order valence-corrected chi connectivity index (χ3v) is 7.43. The number of benzene rings is 1. The Morgan fingerprint density at radius 3 is 2.58 bits per heavy atom. The quantitative estimate of drug-likeness (QED) is 0.872. The number of thioether (sulfide) groups is 1. The zero-order valence-electron chi connectivity index (χ0n) is 11.1. The molecule has 1 aromatic carbocycles. The fourth-order valence-electron chi connectivity index (χ4n) is 2.12. The van der Waals surface area contributed by atoms with Crippen molar-refractivity contribution in [2.24, 2.45) is 0 Å². The van der Waals surface area contributed by atoms with Gasteiger partial charge in [-0.25, -0.2) is 13.1 Å². The molecule has 0 amide bonds. The second-order valence-electron chi connectivity index (χ2n) is 4.98. The van der Waals surface area contributed by atoms with E-state index in [1.807, 2.05) is 6.92 Å². The third-order valence-electron chi connectivity index (χ3n) is 3.72. The van der Waals surface area contributed by atoms with Gasteiger partial charge in [0.1, 0.15) is 0 Å². The lowest BCUT2D eigenvalue weighted by Crippen LogP contribution is -2.45. The maximum atomic E-state index is 12.3. The predicted octanol–water partition coefficient (Wildman–Crippen LogP) is 3.32. The Labute approximate surface area is 127 Å². The summed E-state index contributed by atoms with van der Waals surface area (Å²) in [5.41, 5.74) is 0.922.